The number of carbonyl (C=O) groups is 3. The number of carboxylic acid groups (broad SMARTS) is 1. The van der Waals surface area contributed by atoms with Crippen molar-refractivity contribution < 1.29 is 24.2 Å². The number of benzene rings is 2. The molecule has 28 heavy (non-hydrogen) atoms. The Morgan fingerprint density at radius 3 is 2.04 bits per heavy atom. The van der Waals surface area contributed by atoms with E-state index >= 15 is 0 Å². The zero-order valence-electron chi connectivity index (χ0n) is 15.4. The van der Waals surface area contributed by atoms with Crippen LogP contribution in [0, 0.1) is 0 Å². The lowest BCUT2D eigenvalue weighted by atomic mass is 9.90. The van der Waals surface area contributed by atoms with Crippen molar-refractivity contribution in [3.63, 3.8) is 0 Å². The maximum absolute atomic E-state index is 13.0. The Balaban J connectivity index is 1.60. The lowest BCUT2D eigenvalue weighted by molar-refractivity contribution is -0.148. The summed E-state index contributed by atoms with van der Waals surface area (Å²) < 4.78 is 6.25. The van der Waals surface area contributed by atoms with Crippen molar-refractivity contribution in [3.05, 3.63) is 70.8 Å². The van der Waals surface area contributed by atoms with Crippen LogP contribution in [0.4, 0.5) is 0 Å². The van der Waals surface area contributed by atoms with Crippen LogP contribution in [0.25, 0.3) is 0 Å². The molecule has 6 nitrogen and oxygen atoms in total. The Kier molecular flexibility index (Phi) is 4.73. The minimum Gasteiger partial charge on any atom is -0.478 e. The SMILES string of the molecule is O=C(O)c1ccc(COC2(N3C(=O)c4ccccc4C3=O)CCCCC2)cc1. The zero-order valence-corrected chi connectivity index (χ0v) is 15.4. The van der Waals surface area contributed by atoms with Gasteiger partial charge < -0.3 is 9.84 Å². The fourth-order valence-electron chi connectivity index (χ4n) is 4.06. The summed E-state index contributed by atoms with van der Waals surface area (Å²) >= 11 is 0. The monoisotopic (exact) mass is 379 g/mol. The first-order valence-corrected chi connectivity index (χ1v) is 9.46. The number of amides is 2. The molecule has 1 fully saturated rings. The van der Waals surface area contributed by atoms with Gasteiger partial charge in [-0.2, -0.15) is 0 Å². The fraction of sp³-hybridized carbons (Fsp3) is 0.318. The van der Waals surface area contributed by atoms with Crippen LogP contribution >= 0.6 is 0 Å². The summed E-state index contributed by atoms with van der Waals surface area (Å²) in [5.41, 5.74) is 0.887. The van der Waals surface area contributed by atoms with Crippen molar-refractivity contribution in [2.75, 3.05) is 0 Å². The Morgan fingerprint density at radius 1 is 0.929 bits per heavy atom. The van der Waals surface area contributed by atoms with Gasteiger partial charge >= 0.3 is 5.97 Å². The third-order valence-electron chi connectivity index (χ3n) is 5.54. The first-order valence-electron chi connectivity index (χ1n) is 9.46. The molecule has 6 heteroatoms. The number of imide groups is 1. The summed E-state index contributed by atoms with van der Waals surface area (Å²) in [6.07, 6.45) is 4.01. The first kappa shape index (κ1) is 18.4. The van der Waals surface area contributed by atoms with E-state index in [0.717, 1.165) is 24.8 Å². The number of carbonyl (C=O) groups excluding carboxylic acids is 2. The van der Waals surface area contributed by atoms with Gasteiger partial charge in [0, 0.05) is 0 Å². The van der Waals surface area contributed by atoms with E-state index in [4.69, 9.17) is 9.84 Å². The first-order chi connectivity index (χ1) is 13.5. The highest BCUT2D eigenvalue weighted by Gasteiger charge is 2.50. The van der Waals surface area contributed by atoms with Crippen LogP contribution in [0.1, 0.15) is 68.7 Å². The topological polar surface area (TPSA) is 83.9 Å². The predicted octanol–water partition coefficient (Wildman–Crippen LogP) is 3.86. The zero-order chi connectivity index (χ0) is 19.7. The molecule has 0 spiro atoms. The molecule has 0 aromatic heterocycles. The van der Waals surface area contributed by atoms with Crippen LogP contribution in [-0.2, 0) is 11.3 Å². The molecule has 0 saturated heterocycles. The minimum absolute atomic E-state index is 0.202. The molecular weight excluding hydrogens is 358 g/mol. The molecule has 0 atom stereocenters. The fourth-order valence-corrected chi connectivity index (χ4v) is 4.06. The smallest absolute Gasteiger partial charge is 0.335 e. The second kappa shape index (κ2) is 7.20. The number of carboxylic acids is 1. The number of rotatable bonds is 5. The molecule has 0 bridgehead atoms. The summed E-state index contributed by atoms with van der Waals surface area (Å²) in [5.74, 6) is -1.59. The van der Waals surface area contributed by atoms with Gasteiger partial charge in [0.05, 0.1) is 23.3 Å². The van der Waals surface area contributed by atoms with Gasteiger partial charge in [-0.3, -0.25) is 9.59 Å². The van der Waals surface area contributed by atoms with Crippen LogP contribution in [0.3, 0.4) is 0 Å². The van der Waals surface area contributed by atoms with Crippen LogP contribution in [0.2, 0.25) is 0 Å². The lowest BCUT2D eigenvalue weighted by Gasteiger charge is -2.43. The lowest BCUT2D eigenvalue weighted by Crippen LogP contribution is -2.54. The van der Waals surface area contributed by atoms with Crippen molar-refractivity contribution in [1.82, 2.24) is 4.90 Å². The number of hydrogen-bond donors (Lipinski definition) is 1. The standard InChI is InChI=1S/C22H21NO5/c24-19-17-6-2-3-7-18(17)20(25)23(19)22(12-4-1-5-13-22)28-14-15-8-10-16(11-9-15)21(26)27/h2-3,6-11H,1,4-5,12-14H2,(H,26,27). The van der Waals surface area contributed by atoms with Gasteiger partial charge in [-0.25, -0.2) is 9.69 Å². The van der Waals surface area contributed by atoms with Gasteiger partial charge in [0.2, 0.25) is 0 Å². The van der Waals surface area contributed by atoms with E-state index in [2.05, 4.69) is 0 Å². The third-order valence-corrected chi connectivity index (χ3v) is 5.54. The molecule has 2 aromatic rings. The van der Waals surface area contributed by atoms with E-state index in [9.17, 15) is 14.4 Å². The second-order valence-corrected chi connectivity index (χ2v) is 7.29. The van der Waals surface area contributed by atoms with E-state index in [-0.39, 0.29) is 24.0 Å². The van der Waals surface area contributed by atoms with Crippen LogP contribution < -0.4 is 0 Å². The van der Waals surface area contributed by atoms with Crippen molar-refractivity contribution >= 4 is 17.8 Å². The number of aromatic carboxylic acids is 1. The van der Waals surface area contributed by atoms with Crippen LogP contribution in [0.5, 0.6) is 0 Å². The molecule has 144 valence electrons. The molecule has 1 N–H and O–H groups in total. The molecule has 0 radical (unpaired) electrons. The Morgan fingerprint density at radius 2 is 1.50 bits per heavy atom. The van der Waals surface area contributed by atoms with Crippen molar-refractivity contribution in [3.8, 4) is 0 Å². The van der Waals surface area contributed by atoms with E-state index < -0.39 is 11.7 Å². The molecule has 0 unspecified atom stereocenters. The molecule has 1 saturated carbocycles. The van der Waals surface area contributed by atoms with E-state index in [1.807, 2.05) is 0 Å². The van der Waals surface area contributed by atoms with Gasteiger partial charge in [0.25, 0.3) is 11.8 Å². The summed E-state index contributed by atoms with van der Waals surface area (Å²) in [6.45, 7) is 0.202. The Bertz CT molecular complexity index is 893. The average molecular weight is 379 g/mol. The quantitative estimate of drug-likeness (QED) is 0.798. The number of fused-ring (bicyclic) bond motifs is 1. The molecule has 2 amide bonds. The normalized spacial score (nSPS) is 18.2. The minimum atomic E-state index is -0.984. The second-order valence-electron chi connectivity index (χ2n) is 7.29. The van der Waals surface area contributed by atoms with E-state index in [0.29, 0.717) is 24.0 Å². The summed E-state index contributed by atoms with van der Waals surface area (Å²) in [5, 5.41) is 9.03. The maximum atomic E-state index is 13.0. The number of nitrogens with zero attached hydrogens (tertiary/aromatic N) is 1. The van der Waals surface area contributed by atoms with Crippen molar-refractivity contribution in [2.24, 2.45) is 0 Å². The van der Waals surface area contributed by atoms with Crippen LogP contribution in [0.15, 0.2) is 48.5 Å². The van der Waals surface area contributed by atoms with Crippen LogP contribution in [-0.4, -0.2) is 33.5 Å². The van der Waals surface area contributed by atoms with Gasteiger partial charge in [-0.15, -0.1) is 0 Å². The summed E-state index contributed by atoms with van der Waals surface area (Å²) in [6, 6.07) is 13.3. The van der Waals surface area contributed by atoms with Gasteiger partial charge in [-0.1, -0.05) is 30.7 Å². The predicted molar refractivity (Wildman–Crippen MR) is 101 cm³/mol. The Labute approximate surface area is 162 Å². The largest absolute Gasteiger partial charge is 0.478 e. The average Bonchev–Trinajstić information content (AvgIpc) is 2.99. The molecule has 1 aliphatic carbocycles. The highest BCUT2D eigenvalue weighted by atomic mass is 16.5. The van der Waals surface area contributed by atoms with Gasteiger partial charge in [0.1, 0.15) is 0 Å². The van der Waals surface area contributed by atoms with Crippen molar-refractivity contribution in [2.45, 2.75) is 44.4 Å². The number of ether oxygens (including phenoxy) is 1. The van der Waals surface area contributed by atoms with E-state index in [1.54, 1.807) is 36.4 Å². The summed E-state index contributed by atoms with van der Waals surface area (Å²) in [7, 11) is 0. The third kappa shape index (κ3) is 3.10. The van der Waals surface area contributed by atoms with Crippen molar-refractivity contribution in [1.29, 1.82) is 0 Å². The van der Waals surface area contributed by atoms with Gasteiger partial charge in [0.15, 0.2) is 5.72 Å². The molecule has 1 heterocycles. The highest BCUT2D eigenvalue weighted by Crippen LogP contribution is 2.40. The highest BCUT2D eigenvalue weighted by molar-refractivity contribution is 6.21. The van der Waals surface area contributed by atoms with E-state index in [1.165, 1.54) is 17.0 Å². The molecule has 2 aromatic carbocycles. The molecule has 4 rings (SSSR count). The molecular formula is C22H21NO5. The molecule has 2 aliphatic rings. The number of hydrogen-bond acceptors (Lipinski definition) is 4. The summed E-state index contributed by atoms with van der Waals surface area (Å²) in [4.78, 5) is 38.3. The molecule has 1 aliphatic heterocycles. The maximum Gasteiger partial charge on any atom is 0.335 e. The Hall–Kier alpha value is -2.99. The van der Waals surface area contributed by atoms with Gasteiger partial charge in [-0.05, 0) is 55.5 Å².